The molecule has 0 bridgehead atoms. The fourth-order valence-electron chi connectivity index (χ4n) is 1.95. The molecule has 0 unspecified atom stereocenters. The summed E-state index contributed by atoms with van der Waals surface area (Å²) in [7, 11) is 0. The zero-order valence-corrected chi connectivity index (χ0v) is 11.9. The number of nitrogens with zero attached hydrogens (tertiary/aromatic N) is 2. The van der Waals surface area contributed by atoms with Gasteiger partial charge in [-0.25, -0.2) is 4.79 Å². The smallest absolute Gasteiger partial charge is 0.342 e. The van der Waals surface area contributed by atoms with Gasteiger partial charge >= 0.3 is 5.97 Å². The summed E-state index contributed by atoms with van der Waals surface area (Å²) in [5.41, 5.74) is 1.07. The van der Waals surface area contributed by atoms with E-state index in [1.54, 1.807) is 36.1 Å². The maximum absolute atomic E-state index is 11.8. The van der Waals surface area contributed by atoms with Gasteiger partial charge in [-0.2, -0.15) is 0 Å². The Hall–Kier alpha value is -1.88. The standard InChI is InChI=1S/C14H15ClN2O3/c1-10(18)17-8-6-11(7-9-17)16-20-14(19)12-4-2-3-5-13(12)15/h2-5H,6-9H2,1H3. The summed E-state index contributed by atoms with van der Waals surface area (Å²) < 4.78 is 0. The number of benzene rings is 1. The average Bonchev–Trinajstić information content (AvgIpc) is 2.45. The summed E-state index contributed by atoms with van der Waals surface area (Å²) in [6, 6.07) is 6.66. The van der Waals surface area contributed by atoms with E-state index in [1.165, 1.54) is 0 Å². The van der Waals surface area contributed by atoms with Crippen LogP contribution in [0, 0.1) is 0 Å². The van der Waals surface area contributed by atoms with Gasteiger partial charge in [-0.3, -0.25) is 4.79 Å². The molecule has 0 N–H and O–H groups in total. The second-order valence-electron chi connectivity index (χ2n) is 4.52. The SMILES string of the molecule is CC(=O)N1CCC(=NOC(=O)c2ccccc2Cl)CC1. The number of piperidine rings is 1. The summed E-state index contributed by atoms with van der Waals surface area (Å²) in [5.74, 6) is -0.519. The van der Waals surface area contributed by atoms with Crippen LogP contribution in [0.4, 0.5) is 0 Å². The molecule has 20 heavy (non-hydrogen) atoms. The van der Waals surface area contributed by atoms with Crippen LogP contribution in [0.3, 0.4) is 0 Å². The van der Waals surface area contributed by atoms with E-state index in [-0.39, 0.29) is 5.91 Å². The van der Waals surface area contributed by atoms with Gasteiger partial charge in [0.25, 0.3) is 0 Å². The number of amides is 1. The number of oxime groups is 1. The average molecular weight is 295 g/mol. The number of carbonyl (C=O) groups excluding carboxylic acids is 2. The molecule has 1 aliphatic rings. The largest absolute Gasteiger partial charge is 0.367 e. The molecule has 0 aromatic heterocycles. The van der Waals surface area contributed by atoms with E-state index < -0.39 is 5.97 Å². The number of likely N-dealkylation sites (tertiary alicyclic amines) is 1. The van der Waals surface area contributed by atoms with Crippen molar-refractivity contribution >= 4 is 29.2 Å². The maximum atomic E-state index is 11.8. The molecule has 0 aliphatic carbocycles. The minimum Gasteiger partial charge on any atom is -0.342 e. The molecule has 1 fully saturated rings. The lowest BCUT2D eigenvalue weighted by Crippen LogP contribution is -2.37. The van der Waals surface area contributed by atoms with Crippen molar-refractivity contribution in [1.29, 1.82) is 0 Å². The Balaban J connectivity index is 1.92. The molecule has 0 spiro atoms. The lowest BCUT2D eigenvalue weighted by atomic mass is 10.1. The lowest BCUT2D eigenvalue weighted by molar-refractivity contribution is -0.128. The summed E-state index contributed by atoms with van der Waals surface area (Å²) in [6.07, 6.45) is 1.24. The lowest BCUT2D eigenvalue weighted by Gasteiger charge is -2.25. The van der Waals surface area contributed by atoms with Crippen molar-refractivity contribution in [2.24, 2.45) is 5.16 Å². The monoisotopic (exact) mass is 294 g/mol. The van der Waals surface area contributed by atoms with E-state index in [9.17, 15) is 9.59 Å². The Bertz CT molecular complexity index is 547. The highest BCUT2D eigenvalue weighted by molar-refractivity contribution is 6.33. The van der Waals surface area contributed by atoms with Crippen molar-refractivity contribution in [2.45, 2.75) is 19.8 Å². The van der Waals surface area contributed by atoms with Crippen LogP contribution in [0.5, 0.6) is 0 Å². The van der Waals surface area contributed by atoms with Crippen LogP contribution in [0.25, 0.3) is 0 Å². The molecule has 1 aromatic carbocycles. The van der Waals surface area contributed by atoms with Crippen molar-refractivity contribution in [2.75, 3.05) is 13.1 Å². The van der Waals surface area contributed by atoms with E-state index in [0.717, 1.165) is 5.71 Å². The van der Waals surface area contributed by atoms with Gasteiger partial charge in [-0.05, 0) is 12.1 Å². The number of hydrogen-bond donors (Lipinski definition) is 0. The third-order valence-corrected chi connectivity index (χ3v) is 3.47. The molecule has 1 amide bonds. The van der Waals surface area contributed by atoms with Gasteiger partial charge in [0.2, 0.25) is 5.91 Å². The predicted octanol–water partition coefficient (Wildman–Crippen LogP) is 2.50. The van der Waals surface area contributed by atoms with Gasteiger partial charge in [0, 0.05) is 32.9 Å². The summed E-state index contributed by atoms with van der Waals surface area (Å²) in [4.78, 5) is 29.6. The minimum absolute atomic E-state index is 0.0529. The molecular weight excluding hydrogens is 280 g/mol. The van der Waals surface area contributed by atoms with Crippen LogP contribution < -0.4 is 0 Å². The van der Waals surface area contributed by atoms with Crippen molar-refractivity contribution in [3.05, 3.63) is 34.9 Å². The van der Waals surface area contributed by atoms with Crippen LogP contribution >= 0.6 is 11.6 Å². The molecule has 1 saturated heterocycles. The Morgan fingerprint density at radius 3 is 2.50 bits per heavy atom. The maximum Gasteiger partial charge on any atom is 0.367 e. The van der Waals surface area contributed by atoms with Crippen molar-refractivity contribution in [3.63, 3.8) is 0 Å². The second-order valence-corrected chi connectivity index (χ2v) is 4.93. The van der Waals surface area contributed by atoms with Gasteiger partial charge in [-0.15, -0.1) is 0 Å². The fourth-order valence-corrected chi connectivity index (χ4v) is 2.17. The van der Waals surface area contributed by atoms with E-state index in [0.29, 0.717) is 36.5 Å². The highest BCUT2D eigenvalue weighted by Gasteiger charge is 2.18. The van der Waals surface area contributed by atoms with Crippen molar-refractivity contribution < 1.29 is 14.4 Å². The molecule has 0 radical (unpaired) electrons. The van der Waals surface area contributed by atoms with Crippen molar-refractivity contribution in [1.82, 2.24) is 4.90 Å². The van der Waals surface area contributed by atoms with Gasteiger partial charge < -0.3 is 9.74 Å². The van der Waals surface area contributed by atoms with E-state index in [2.05, 4.69) is 5.16 Å². The summed E-state index contributed by atoms with van der Waals surface area (Å²) >= 11 is 5.90. The number of rotatable bonds is 2. The zero-order chi connectivity index (χ0) is 14.5. The van der Waals surface area contributed by atoms with E-state index >= 15 is 0 Å². The first-order valence-corrected chi connectivity index (χ1v) is 6.73. The van der Waals surface area contributed by atoms with E-state index in [4.69, 9.17) is 16.4 Å². The molecular formula is C14H15ClN2O3. The summed E-state index contributed by atoms with van der Waals surface area (Å²) in [5, 5.41) is 4.20. The van der Waals surface area contributed by atoms with Crippen LogP contribution in [-0.2, 0) is 9.63 Å². The van der Waals surface area contributed by atoms with Gasteiger partial charge in [0.05, 0.1) is 16.3 Å². The zero-order valence-electron chi connectivity index (χ0n) is 11.1. The Kier molecular flexibility index (Phi) is 4.74. The van der Waals surface area contributed by atoms with Gasteiger partial charge in [-0.1, -0.05) is 28.9 Å². The van der Waals surface area contributed by atoms with Crippen LogP contribution in [0.15, 0.2) is 29.4 Å². The molecule has 6 heteroatoms. The molecule has 0 saturated carbocycles. The Morgan fingerprint density at radius 2 is 1.90 bits per heavy atom. The minimum atomic E-state index is -0.572. The topological polar surface area (TPSA) is 59.0 Å². The predicted molar refractivity (Wildman–Crippen MR) is 75.8 cm³/mol. The van der Waals surface area contributed by atoms with Crippen molar-refractivity contribution in [3.8, 4) is 0 Å². The van der Waals surface area contributed by atoms with Gasteiger partial charge in [0.15, 0.2) is 0 Å². The number of carbonyl (C=O) groups is 2. The van der Waals surface area contributed by atoms with Crippen LogP contribution in [0.1, 0.15) is 30.1 Å². The molecule has 1 heterocycles. The fraction of sp³-hybridized carbons (Fsp3) is 0.357. The first-order chi connectivity index (χ1) is 9.58. The highest BCUT2D eigenvalue weighted by Crippen LogP contribution is 2.16. The molecule has 106 valence electrons. The summed E-state index contributed by atoms with van der Waals surface area (Å²) in [6.45, 7) is 2.76. The number of halogens is 1. The first kappa shape index (κ1) is 14.5. The molecule has 1 aromatic rings. The quantitative estimate of drug-likeness (QED) is 0.622. The molecule has 5 nitrogen and oxygen atoms in total. The molecule has 0 atom stereocenters. The molecule has 2 rings (SSSR count). The van der Waals surface area contributed by atoms with E-state index in [1.807, 2.05) is 0 Å². The normalized spacial score (nSPS) is 14.9. The number of hydrogen-bond acceptors (Lipinski definition) is 4. The second kappa shape index (κ2) is 6.52. The first-order valence-electron chi connectivity index (χ1n) is 6.35. The Labute approximate surface area is 122 Å². The van der Waals surface area contributed by atoms with Crippen LogP contribution in [-0.4, -0.2) is 35.6 Å². The Morgan fingerprint density at radius 1 is 1.25 bits per heavy atom. The third-order valence-electron chi connectivity index (χ3n) is 3.14. The van der Waals surface area contributed by atoms with Crippen LogP contribution in [0.2, 0.25) is 5.02 Å². The highest BCUT2D eigenvalue weighted by atomic mass is 35.5. The third kappa shape index (κ3) is 3.57. The van der Waals surface area contributed by atoms with Gasteiger partial charge in [0.1, 0.15) is 0 Å². The molecule has 1 aliphatic heterocycles.